The summed E-state index contributed by atoms with van der Waals surface area (Å²) in [7, 11) is -3.97. The van der Waals surface area contributed by atoms with Crippen molar-refractivity contribution in [1.29, 1.82) is 0 Å². The summed E-state index contributed by atoms with van der Waals surface area (Å²) < 4.78 is 53.4. The topological polar surface area (TPSA) is 40.6 Å². The Labute approximate surface area is 146 Å². The van der Waals surface area contributed by atoms with Gasteiger partial charge in [-0.25, -0.2) is 17.2 Å². The highest BCUT2D eigenvalue weighted by molar-refractivity contribution is 7.89. The molecule has 1 fully saturated rings. The van der Waals surface area contributed by atoms with Crippen molar-refractivity contribution in [3.63, 3.8) is 0 Å². The predicted molar refractivity (Wildman–Crippen MR) is 93.2 cm³/mol. The van der Waals surface area contributed by atoms with Crippen LogP contribution in [0.3, 0.4) is 0 Å². The average Bonchev–Trinajstić information content (AvgIpc) is 2.54. The first-order valence-electron chi connectivity index (χ1n) is 8.06. The summed E-state index contributed by atoms with van der Waals surface area (Å²) in [5, 5.41) is 0. The van der Waals surface area contributed by atoms with Gasteiger partial charge in [0.1, 0.15) is 16.5 Å². The van der Waals surface area contributed by atoms with Crippen LogP contribution in [0.15, 0.2) is 41.3 Å². The van der Waals surface area contributed by atoms with Gasteiger partial charge >= 0.3 is 0 Å². The van der Waals surface area contributed by atoms with E-state index in [9.17, 15) is 17.2 Å². The lowest BCUT2D eigenvalue weighted by molar-refractivity contribution is 0.382. The lowest BCUT2D eigenvalue weighted by Gasteiger charge is -2.36. The Bertz CT molecular complexity index is 892. The third kappa shape index (κ3) is 3.52. The maximum atomic E-state index is 13.9. The van der Waals surface area contributed by atoms with Gasteiger partial charge in [-0.05, 0) is 37.6 Å². The first-order valence-corrected chi connectivity index (χ1v) is 9.50. The molecule has 1 heterocycles. The van der Waals surface area contributed by atoms with Crippen LogP contribution in [0.2, 0.25) is 0 Å². The van der Waals surface area contributed by atoms with E-state index in [1.165, 1.54) is 9.87 Å². The molecule has 0 amide bonds. The minimum atomic E-state index is -3.97. The van der Waals surface area contributed by atoms with Gasteiger partial charge in [0.2, 0.25) is 10.0 Å². The molecule has 0 spiro atoms. The van der Waals surface area contributed by atoms with Gasteiger partial charge in [-0.15, -0.1) is 0 Å². The minimum Gasteiger partial charge on any atom is -0.369 e. The van der Waals surface area contributed by atoms with Gasteiger partial charge in [-0.1, -0.05) is 17.7 Å². The monoisotopic (exact) mass is 366 g/mol. The maximum absolute atomic E-state index is 13.9. The highest BCUT2D eigenvalue weighted by Crippen LogP contribution is 2.25. The fourth-order valence-electron chi connectivity index (χ4n) is 3.15. The van der Waals surface area contributed by atoms with Gasteiger partial charge in [0, 0.05) is 37.9 Å². The van der Waals surface area contributed by atoms with Crippen molar-refractivity contribution < 1.29 is 17.2 Å². The molecule has 2 aromatic rings. The molecule has 4 nitrogen and oxygen atoms in total. The van der Waals surface area contributed by atoms with Crippen LogP contribution in [-0.2, 0) is 10.0 Å². The molecule has 1 saturated heterocycles. The summed E-state index contributed by atoms with van der Waals surface area (Å²) in [5.74, 6) is -1.85. The van der Waals surface area contributed by atoms with E-state index in [1.807, 2.05) is 26.0 Å². The van der Waals surface area contributed by atoms with E-state index in [0.29, 0.717) is 19.2 Å². The van der Waals surface area contributed by atoms with Crippen molar-refractivity contribution in [1.82, 2.24) is 4.31 Å². The zero-order valence-electron chi connectivity index (χ0n) is 14.2. The number of benzene rings is 2. The smallest absolute Gasteiger partial charge is 0.246 e. The quantitative estimate of drug-likeness (QED) is 0.838. The van der Waals surface area contributed by atoms with E-state index in [0.717, 1.165) is 23.4 Å². The van der Waals surface area contributed by atoms with Gasteiger partial charge < -0.3 is 4.90 Å². The highest BCUT2D eigenvalue weighted by Gasteiger charge is 2.31. The fourth-order valence-corrected chi connectivity index (χ4v) is 4.62. The molecule has 0 unspecified atom stereocenters. The van der Waals surface area contributed by atoms with E-state index in [-0.39, 0.29) is 13.1 Å². The van der Waals surface area contributed by atoms with E-state index < -0.39 is 26.6 Å². The molecule has 0 aromatic heterocycles. The lowest BCUT2D eigenvalue weighted by Crippen LogP contribution is -2.49. The highest BCUT2D eigenvalue weighted by atomic mass is 32.2. The Balaban J connectivity index is 1.77. The van der Waals surface area contributed by atoms with Crippen molar-refractivity contribution in [3.05, 3.63) is 59.2 Å². The van der Waals surface area contributed by atoms with Crippen molar-refractivity contribution in [2.24, 2.45) is 0 Å². The molecule has 1 aliphatic heterocycles. The van der Waals surface area contributed by atoms with Crippen LogP contribution >= 0.6 is 0 Å². The van der Waals surface area contributed by atoms with Crippen molar-refractivity contribution in [2.45, 2.75) is 18.7 Å². The Kier molecular flexibility index (Phi) is 4.79. The molecule has 0 atom stereocenters. The van der Waals surface area contributed by atoms with Crippen molar-refractivity contribution in [2.75, 3.05) is 31.1 Å². The molecular weight excluding hydrogens is 346 g/mol. The minimum absolute atomic E-state index is 0.256. The Morgan fingerprint density at radius 2 is 1.60 bits per heavy atom. The number of rotatable bonds is 3. The Hall–Kier alpha value is -1.99. The van der Waals surface area contributed by atoms with Gasteiger partial charge in [-0.3, -0.25) is 0 Å². The zero-order valence-corrected chi connectivity index (χ0v) is 15.0. The number of halogens is 2. The summed E-state index contributed by atoms with van der Waals surface area (Å²) in [6.45, 7) is 5.61. The van der Waals surface area contributed by atoms with Crippen LogP contribution < -0.4 is 4.90 Å². The second-order valence-corrected chi connectivity index (χ2v) is 8.16. The Morgan fingerprint density at radius 3 is 2.20 bits per heavy atom. The van der Waals surface area contributed by atoms with Crippen LogP contribution in [-0.4, -0.2) is 38.9 Å². The molecule has 0 N–H and O–H groups in total. The second-order valence-electron chi connectivity index (χ2n) is 6.26. The third-order valence-electron chi connectivity index (χ3n) is 4.44. The van der Waals surface area contributed by atoms with E-state index in [4.69, 9.17) is 0 Å². The first kappa shape index (κ1) is 17.8. The summed E-state index contributed by atoms with van der Waals surface area (Å²) in [5.41, 5.74) is 3.39. The van der Waals surface area contributed by atoms with Crippen molar-refractivity contribution >= 4 is 15.7 Å². The fraction of sp³-hybridized carbons (Fsp3) is 0.333. The number of sulfonamides is 1. The largest absolute Gasteiger partial charge is 0.369 e. The van der Waals surface area contributed by atoms with Gasteiger partial charge in [-0.2, -0.15) is 4.31 Å². The van der Waals surface area contributed by atoms with Gasteiger partial charge in [0.25, 0.3) is 0 Å². The van der Waals surface area contributed by atoms with Crippen molar-refractivity contribution in [3.8, 4) is 0 Å². The SMILES string of the molecule is Cc1ccc(N2CCN(S(=O)(=O)c3ccc(F)cc3F)CC2)c(C)c1. The zero-order chi connectivity index (χ0) is 18.2. The van der Waals surface area contributed by atoms with Crippen LogP contribution in [0, 0.1) is 25.5 Å². The molecule has 0 radical (unpaired) electrons. The standard InChI is InChI=1S/C18H20F2N2O2S/c1-13-3-5-17(14(2)11-13)21-7-9-22(10-8-21)25(23,24)18-6-4-15(19)12-16(18)20/h3-6,11-12H,7-10H2,1-2H3. The van der Waals surface area contributed by atoms with Crippen LogP contribution in [0.4, 0.5) is 14.5 Å². The van der Waals surface area contributed by atoms with Gasteiger partial charge in [0.05, 0.1) is 0 Å². The third-order valence-corrected chi connectivity index (χ3v) is 6.38. The molecule has 25 heavy (non-hydrogen) atoms. The number of nitrogens with zero attached hydrogens (tertiary/aromatic N) is 2. The Morgan fingerprint density at radius 1 is 0.920 bits per heavy atom. The number of anilines is 1. The maximum Gasteiger partial charge on any atom is 0.246 e. The molecule has 7 heteroatoms. The molecule has 134 valence electrons. The van der Waals surface area contributed by atoms with E-state index in [1.54, 1.807) is 0 Å². The summed E-state index contributed by atoms with van der Waals surface area (Å²) in [6.07, 6.45) is 0. The predicted octanol–water partition coefficient (Wildman–Crippen LogP) is 3.09. The molecule has 0 saturated carbocycles. The number of aryl methyl sites for hydroxylation is 2. The molecule has 3 rings (SSSR count). The van der Waals surface area contributed by atoms with Crippen LogP contribution in [0.25, 0.3) is 0 Å². The van der Waals surface area contributed by atoms with Crippen LogP contribution in [0.5, 0.6) is 0 Å². The molecule has 1 aliphatic rings. The summed E-state index contributed by atoms with van der Waals surface area (Å²) >= 11 is 0. The normalized spacial score (nSPS) is 16.2. The van der Waals surface area contributed by atoms with Gasteiger partial charge in [0.15, 0.2) is 0 Å². The molecular formula is C18H20F2N2O2S. The molecule has 0 bridgehead atoms. The van der Waals surface area contributed by atoms with E-state index >= 15 is 0 Å². The number of piperazine rings is 1. The average molecular weight is 366 g/mol. The van der Waals surface area contributed by atoms with Crippen LogP contribution in [0.1, 0.15) is 11.1 Å². The second kappa shape index (κ2) is 6.72. The first-order chi connectivity index (χ1) is 11.8. The van der Waals surface area contributed by atoms with E-state index in [2.05, 4.69) is 11.0 Å². The number of hydrogen-bond donors (Lipinski definition) is 0. The lowest BCUT2D eigenvalue weighted by atomic mass is 10.1. The molecule has 0 aliphatic carbocycles. The summed E-state index contributed by atoms with van der Waals surface area (Å²) in [4.78, 5) is 1.65. The molecule has 2 aromatic carbocycles. The number of hydrogen-bond acceptors (Lipinski definition) is 3. The summed E-state index contributed by atoms with van der Waals surface area (Å²) in [6, 6.07) is 8.69.